The molecule has 0 saturated carbocycles. The number of phenols is 1. The molecule has 0 aliphatic heterocycles. The molecule has 3 heteroatoms. The van der Waals surface area contributed by atoms with Crippen molar-refractivity contribution in [2.45, 2.75) is 0 Å². The van der Waals surface area contributed by atoms with Crippen LogP contribution in [0.3, 0.4) is 0 Å². The zero-order valence-electron chi connectivity index (χ0n) is 6.36. The van der Waals surface area contributed by atoms with E-state index in [2.05, 4.69) is 4.98 Å². The molecule has 1 aromatic heterocycles. The van der Waals surface area contributed by atoms with E-state index < -0.39 is 0 Å². The summed E-state index contributed by atoms with van der Waals surface area (Å²) < 4.78 is 0. The average molecular weight is 160 g/mol. The second-order valence-corrected chi connectivity index (χ2v) is 2.60. The predicted octanol–water partition coefficient (Wildman–Crippen LogP) is 1.52. The van der Waals surface area contributed by atoms with Crippen LogP contribution in [-0.4, -0.2) is 10.1 Å². The van der Waals surface area contributed by atoms with Gasteiger partial charge < -0.3 is 10.8 Å². The Morgan fingerprint density at radius 3 is 2.75 bits per heavy atom. The number of hydrogen-bond acceptors (Lipinski definition) is 3. The molecule has 60 valence electrons. The van der Waals surface area contributed by atoms with Crippen molar-refractivity contribution in [1.29, 1.82) is 0 Å². The number of hydrogen-bond donors (Lipinski definition) is 2. The van der Waals surface area contributed by atoms with Crippen molar-refractivity contribution < 1.29 is 5.11 Å². The number of fused-ring (bicyclic) bond motifs is 1. The molecule has 12 heavy (non-hydrogen) atoms. The van der Waals surface area contributed by atoms with Gasteiger partial charge in [0.25, 0.3) is 0 Å². The Hall–Kier alpha value is -1.77. The van der Waals surface area contributed by atoms with Crippen LogP contribution in [0.25, 0.3) is 10.8 Å². The highest BCUT2D eigenvalue weighted by molar-refractivity contribution is 5.95. The third-order valence-electron chi connectivity index (χ3n) is 1.83. The van der Waals surface area contributed by atoms with E-state index >= 15 is 0 Å². The lowest BCUT2D eigenvalue weighted by Gasteiger charge is -2.01. The predicted molar refractivity (Wildman–Crippen MR) is 47.8 cm³/mol. The molecule has 3 nitrogen and oxygen atoms in total. The highest BCUT2D eigenvalue weighted by atomic mass is 16.3. The lowest BCUT2D eigenvalue weighted by Crippen LogP contribution is -1.87. The maximum atomic E-state index is 9.41. The van der Waals surface area contributed by atoms with Gasteiger partial charge in [-0.3, -0.25) is 4.98 Å². The molecular formula is C9H8N2O. The van der Waals surface area contributed by atoms with Gasteiger partial charge in [-0.05, 0) is 18.2 Å². The zero-order valence-corrected chi connectivity index (χ0v) is 6.36. The van der Waals surface area contributed by atoms with E-state index in [0.717, 1.165) is 10.8 Å². The molecule has 0 spiro atoms. The van der Waals surface area contributed by atoms with Crippen LogP contribution < -0.4 is 5.73 Å². The van der Waals surface area contributed by atoms with Crippen molar-refractivity contribution in [2.75, 3.05) is 5.73 Å². The first kappa shape index (κ1) is 6.91. The van der Waals surface area contributed by atoms with Gasteiger partial charge in [0.1, 0.15) is 5.75 Å². The van der Waals surface area contributed by atoms with E-state index in [-0.39, 0.29) is 5.75 Å². The van der Waals surface area contributed by atoms with E-state index in [1.165, 1.54) is 0 Å². The monoisotopic (exact) mass is 160 g/mol. The molecule has 1 aromatic carbocycles. The Morgan fingerprint density at radius 1 is 1.17 bits per heavy atom. The maximum Gasteiger partial charge on any atom is 0.123 e. The van der Waals surface area contributed by atoms with Crippen molar-refractivity contribution >= 4 is 16.5 Å². The Kier molecular flexibility index (Phi) is 1.37. The lowest BCUT2D eigenvalue weighted by atomic mass is 10.1. The summed E-state index contributed by atoms with van der Waals surface area (Å²) in [4.78, 5) is 3.92. The topological polar surface area (TPSA) is 59.1 Å². The summed E-state index contributed by atoms with van der Waals surface area (Å²) >= 11 is 0. The molecule has 2 rings (SSSR count). The number of aromatic nitrogens is 1. The molecule has 0 amide bonds. The first-order chi connectivity index (χ1) is 5.79. The van der Waals surface area contributed by atoms with Crippen LogP contribution in [0.1, 0.15) is 0 Å². The summed E-state index contributed by atoms with van der Waals surface area (Å²) in [7, 11) is 0. The van der Waals surface area contributed by atoms with Crippen LogP contribution >= 0.6 is 0 Å². The van der Waals surface area contributed by atoms with E-state index in [9.17, 15) is 5.11 Å². The fourth-order valence-electron chi connectivity index (χ4n) is 1.20. The quantitative estimate of drug-likeness (QED) is 0.453. The van der Waals surface area contributed by atoms with Crippen molar-refractivity contribution in [1.82, 2.24) is 4.98 Å². The van der Waals surface area contributed by atoms with Crippen LogP contribution in [0.4, 0.5) is 5.69 Å². The van der Waals surface area contributed by atoms with Gasteiger partial charge in [0.15, 0.2) is 0 Å². The van der Waals surface area contributed by atoms with Crippen LogP contribution in [0.15, 0.2) is 30.6 Å². The fraction of sp³-hybridized carbons (Fsp3) is 0. The molecule has 0 fully saturated rings. The normalized spacial score (nSPS) is 10.3. The fourth-order valence-corrected chi connectivity index (χ4v) is 1.20. The second-order valence-electron chi connectivity index (χ2n) is 2.60. The molecule has 3 N–H and O–H groups in total. The summed E-state index contributed by atoms with van der Waals surface area (Å²) in [6, 6.07) is 4.98. The van der Waals surface area contributed by atoms with Gasteiger partial charge in [-0.15, -0.1) is 0 Å². The number of nitrogens with zero attached hydrogens (tertiary/aromatic N) is 1. The number of nitrogens with two attached hydrogens (primary N) is 1. The van der Waals surface area contributed by atoms with E-state index in [1.807, 2.05) is 0 Å². The number of pyridine rings is 1. The molecule has 0 radical (unpaired) electrons. The Bertz CT molecular complexity index is 385. The van der Waals surface area contributed by atoms with Gasteiger partial charge in [-0.2, -0.15) is 0 Å². The number of benzene rings is 1. The summed E-state index contributed by atoms with van der Waals surface area (Å²) in [5, 5.41) is 10.9. The van der Waals surface area contributed by atoms with E-state index in [4.69, 9.17) is 5.73 Å². The van der Waals surface area contributed by atoms with Crippen LogP contribution in [-0.2, 0) is 0 Å². The van der Waals surface area contributed by atoms with Gasteiger partial charge in [0.05, 0.1) is 0 Å². The van der Waals surface area contributed by atoms with E-state index in [0.29, 0.717) is 5.69 Å². The maximum absolute atomic E-state index is 9.41. The van der Waals surface area contributed by atoms with Crippen LogP contribution in [0.5, 0.6) is 5.75 Å². The second kappa shape index (κ2) is 2.37. The van der Waals surface area contributed by atoms with Crippen LogP contribution in [0, 0.1) is 0 Å². The van der Waals surface area contributed by atoms with Gasteiger partial charge >= 0.3 is 0 Å². The lowest BCUT2D eigenvalue weighted by molar-refractivity contribution is 0.481. The molecule has 0 aliphatic rings. The molecule has 0 unspecified atom stereocenters. The molecule has 0 atom stereocenters. The minimum absolute atomic E-state index is 0.238. The summed E-state index contributed by atoms with van der Waals surface area (Å²) in [5.41, 5.74) is 6.31. The minimum Gasteiger partial charge on any atom is -0.507 e. The van der Waals surface area contributed by atoms with Gasteiger partial charge in [0.2, 0.25) is 0 Å². The van der Waals surface area contributed by atoms with Crippen LogP contribution in [0.2, 0.25) is 0 Å². The largest absolute Gasteiger partial charge is 0.507 e. The van der Waals surface area contributed by atoms with Crippen molar-refractivity contribution in [3.8, 4) is 5.75 Å². The molecular weight excluding hydrogens is 152 g/mol. The minimum atomic E-state index is 0.238. The Labute approximate surface area is 69.5 Å². The highest BCUT2D eigenvalue weighted by Gasteiger charge is 2.00. The Balaban J connectivity index is 2.95. The van der Waals surface area contributed by atoms with Crippen molar-refractivity contribution in [3.05, 3.63) is 30.6 Å². The van der Waals surface area contributed by atoms with E-state index in [1.54, 1.807) is 30.6 Å². The average Bonchev–Trinajstić information content (AvgIpc) is 2.12. The SMILES string of the molecule is Nc1ccc(O)c2ccncc12. The molecule has 1 heterocycles. The number of rotatable bonds is 0. The van der Waals surface area contributed by atoms with Gasteiger partial charge in [0, 0.05) is 28.9 Å². The zero-order chi connectivity index (χ0) is 8.55. The van der Waals surface area contributed by atoms with Gasteiger partial charge in [-0.25, -0.2) is 0 Å². The number of aromatic hydroxyl groups is 1. The molecule has 0 aliphatic carbocycles. The first-order valence-electron chi connectivity index (χ1n) is 3.60. The third kappa shape index (κ3) is 0.871. The molecule has 0 saturated heterocycles. The Morgan fingerprint density at radius 2 is 2.00 bits per heavy atom. The molecule has 2 aromatic rings. The number of nitrogen functional groups attached to an aromatic ring is 1. The highest BCUT2D eigenvalue weighted by Crippen LogP contribution is 2.27. The summed E-state index contributed by atoms with van der Waals surface area (Å²) in [6.45, 7) is 0. The summed E-state index contributed by atoms with van der Waals surface area (Å²) in [5.74, 6) is 0.238. The smallest absolute Gasteiger partial charge is 0.123 e. The number of anilines is 1. The molecule has 0 bridgehead atoms. The van der Waals surface area contributed by atoms with Crippen molar-refractivity contribution in [3.63, 3.8) is 0 Å². The third-order valence-corrected chi connectivity index (χ3v) is 1.83. The summed E-state index contributed by atoms with van der Waals surface area (Å²) in [6.07, 6.45) is 3.27. The van der Waals surface area contributed by atoms with Crippen molar-refractivity contribution in [2.24, 2.45) is 0 Å². The number of phenolic OH excluding ortho intramolecular Hbond substituents is 1. The first-order valence-corrected chi connectivity index (χ1v) is 3.60. The standard InChI is InChI=1S/C9H8N2O/c10-8-1-2-9(12)6-3-4-11-5-7(6)8/h1-5,12H,10H2. The van der Waals surface area contributed by atoms with Gasteiger partial charge in [-0.1, -0.05) is 0 Å².